The lowest BCUT2D eigenvalue weighted by atomic mass is 10.0. The molecule has 0 fully saturated rings. The van der Waals surface area contributed by atoms with Crippen molar-refractivity contribution in [1.29, 1.82) is 0 Å². The van der Waals surface area contributed by atoms with Crippen molar-refractivity contribution < 1.29 is 22.6 Å². The van der Waals surface area contributed by atoms with Crippen LogP contribution in [0, 0.1) is 13.8 Å². The molecule has 190 valence electrons. The van der Waals surface area contributed by atoms with E-state index in [2.05, 4.69) is 9.97 Å². The Hall–Kier alpha value is -3.84. The molecule has 0 amide bonds. The zero-order valence-electron chi connectivity index (χ0n) is 20.7. The normalized spacial score (nSPS) is 11.2. The van der Waals surface area contributed by atoms with E-state index in [1.165, 1.54) is 19.2 Å². The van der Waals surface area contributed by atoms with Crippen LogP contribution in [-0.4, -0.2) is 24.2 Å². The number of benzene rings is 3. The van der Waals surface area contributed by atoms with Crippen LogP contribution in [0.3, 0.4) is 0 Å². The Morgan fingerprint density at radius 1 is 0.703 bits per heavy atom. The third-order valence-corrected chi connectivity index (χ3v) is 6.18. The highest BCUT2D eigenvalue weighted by Gasteiger charge is 2.34. The summed E-state index contributed by atoms with van der Waals surface area (Å²) in [6.07, 6.45) is -4.45. The highest BCUT2D eigenvalue weighted by Crippen LogP contribution is 2.40. The summed E-state index contributed by atoms with van der Waals surface area (Å²) in [6.45, 7) is 3.89. The molecule has 0 bridgehead atoms. The lowest BCUT2D eigenvalue weighted by Gasteiger charge is -2.15. The van der Waals surface area contributed by atoms with E-state index in [0.717, 1.165) is 33.5 Å². The summed E-state index contributed by atoms with van der Waals surface area (Å²) >= 11 is 5.94. The number of methoxy groups -OCH3 is 2. The first-order valence-electron chi connectivity index (χ1n) is 11.3. The Labute approximate surface area is 217 Å². The molecule has 4 nitrogen and oxygen atoms in total. The van der Waals surface area contributed by atoms with Crippen LogP contribution in [0.25, 0.3) is 33.1 Å². The quantitative estimate of drug-likeness (QED) is 0.222. The number of hydrogen-bond acceptors (Lipinski definition) is 4. The van der Waals surface area contributed by atoms with E-state index < -0.39 is 11.7 Å². The molecule has 0 atom stereocenters. The van der Waals surface area contributed by atoms with E-state index in [4.69, 9.17) is 21.1 Å². The fourth-order valence-corrected chi connectivity index (χ4v) is 4.28. The Bertz CT molecular complexity index is 1590. The summed E-state index contributed by atoms with van der Waals surface area (Å²) in [5.74, 6) is 0.935. The second-order valence-corrected chi connectivity index (χ2v) is 8.72. The summed E-state index contributed by atoms with van der Waals surface area (Å²) in [5, 5.41) is 2.29. The number of pyridine rings is 2. The maximum atomic E-state index is 13.3. The number of aromatic nitrogens is 2. The van der Waals surface area contributed by atoms with Gasteiger partial charge in [0.1, 0.15) is 11.4 Å². The van der Waals surface area contributed by atoms with Gasteiger partial charge >= 0.3 is 6.18 Å². The minimum Gasteiger partial charge on any atom is -0.494 e. The van der Waals surface area contributed by atoms with Crippen LogP contribution in [0.5, 0.6) is 11.5 Å². The molecule has 3 aromatic carbocycles. The summed E-state index contributed by atoms with van der Waals surface area (Å²) in [6, 6.07) is 20.6. The van der Waals surface area contributed by atoms with E-state index in [-0.39, 0.29) is 11.3 Å². The van der Waals surface area contributed by atoms with Crippen LogP contribution in [0.15, 0.2) is 72.8 Å². The predicted octanol–water partition coefficient (Wildman–Crippen LogP) is 8.44. The van der Waals surface area contributed by atoms with Gasteiger partial charge in [0.2, 0.25) is 0 Å². The van der Waals surface area contributed by atoms with E-state index in [0.29, 0.717) is 22.2 Å². The van der Waals surface area contributed by atoms with Gasteiger partial charge in [-0.15, -0.1) is 0 Å². The van der Waals surface area contributed by atoms with Crippen LogP contribution in [0.4, 0.5) is 13.2 Å². The molecule has 37 heavy (non-hydrogen) atoms. The fraction of sp³-hybridized carbons (Fsp3) is 0.172. The van der Waals surface area contributed by atoms with E-state index in [1.807, 2.05) is 56.3 Å². The van der Waals surface area contributed by atoms with Gasteiger partial charge in [-0.3, -0.25) is 0 Å². The first-order chi connectivity index (χ1) is 17.6. The highest BCUT2D eigenvalue weighted by atomic mass is 35.5. The smallest absolute Gasteiger partial charge is 0.417 e. The standard InChI is InChI=1S/C18H14F3NO.C11H10ClNO/c1-11-6-5-7-12-10-15(23-2)17(22-16(11)12)13-8-3-4-9-14(13)18(19,20)21;1-7-4-3-5-8-6-9(14-2)11(12)13-10(7)8/h3-10H,1-2H3;3-6H,1-2H3. The lowest BCUT2D eigenvalue weighted by Crippen LogP contribution is -2.08. The number of para-hydroxylation sites is 2. The molecule has 0 saturated heterocycles. The molecule has 0 N–H and O–H groups in total. The SMILES string of the molecule is COc1cc2cccc(C)c2nc1-c1ccccc1C(F)(F)F.COc1cc2cccc(C)c2nc1Cl. The van der Waals surface area contributed by atoms with Crippen molar-refractivity contribution in [3.8, 4) is 22.8 Å². The maximum Gasteiger partial charge on any atom is 0.417 e. The van der Waals surface area contributed by atoms with Crippen molar-refractivity contribution in [2.24, 2.45) is 0 Å². The third-order valence-electron chi connectivity index (χ3n) is 5.91. The van der Waals surface area contributed by atoms with Crippen molar-refractivity contribution in [2.45, 2.75) is 20.0 Å². The van der Waals surface area contributed by atoms with E-state index in [9.17, 15) is 13.2 Å². The molecule has 0 aliphatic rings. The van der Waals surface area contributed by atoms with Gasteiger partial charge in [0.25, 0.3) is 0 Å². The molecule has 0 saturated carbocycles. The van der Waals surface area contributed by atoms with Crippen molar-refractivity contribution >= 4 is 33.4 Å². The van der Waals surface area contributed by atoms with Gasteiger partial charge < -0.3 is 9.47 Å². The van der Waals surface area contributed by atoms with Crippen molar-refractivity contribution in [3.05, 3.63) is 94.6 Å². The molecule has 0 radical (unpaired) electrons. The monoisotopic (exact) mass is 524 g/mol. The summed E-state index contributed by atoms with van der Waals surface area (Å²) in [7, 11) is 3.02. The van der Waals surface area contributed by atoms with Gasteiger partial charge in [0.05, 0.1) is 30.8 Å². The van der Waals surface area contributed by atoms with Gasteiger partial charge in [0, 0.05) is 16.3 Å². The Morgan fingerprint density at radius 2 is 1.24 bits per heavy atom. The number of hydrogen-bond donors (Lipinski definition) is 0. The zero-order chi connectivity index (χ0) is 26.7. The van der Waals surface area contributed by atoms with E-state index in [1.54, 1.807) is 19.2 Å². The number of alkyl halides is 3. The summed E-state index contributed by atoms with van der Waals surface area (Å²) in [4.78, 5) is 8.75. The molecule has 0 unspecified atom stereocenters. The first kappa shape index (κ1) is 26.2. The summed E-state index contributed by atoms with van der Waals surface area (Å²) < 4.78 is 50.3. The molecule has 0 aliphatic heterocycles. The average Bonchev–Trinajstić information content (AvgIpc) is 2.88. The van der Waals surface area contributed by atoms with Crippen LogP contribution >= 0.6 is 11.6 Å². The van der Waals surface area contributed by atoms with Crippen molar-refractivity contribution in [3.63, 3.8) is 0 Å². The second-order valence-electron chi connectivity index (χ2n) is 8.36. The molecule has 5 aromatic rings. The van der Waals surface area contributed by atoms with Crippen molar-refractivity contribution in [2.75, 3.05) is 14.2 Å². The fourth-order valence-electron chi connectivity index (χ4n) is 4.06. The van der Waals surface area contributed by atoms with Crippen molar-refractivity contribution in [1.82, 2.24) is 9.97 Å². The van der Waals surface area contributed by atoms with E-state index >= 15 is 0 Å². The molecule has 0 aliphatic carbocycles. The maximum absolute atomic E-state index is 13.3. The molecule has 2 heterocycles. The number of halogens is 4. The third kappa shape index (κ3) is 5.47. The van der Waals surface area contributed by atoms with Gasteiger partial charge in [-0.1, -0.05) is 66.2 Å². The minimum absolute atomic E-state index is 0.0157. The average molecular weight is 525 g/mol. The van der Waals surface area contributed by atoms with Gasteiger partial charge in [0.15, 0.2) is 10.9 Å². The number of rotatable bonds is 3. The highest BCUT2D eigenvalue weighted by molar-refractivity contribution is 6.31. The predicted molar refractivity (Wildman–Crippen MR) is 142 cm³/mol. The second kappa shape index (κ2) is 10.6. The first-order valence-corrected chi connectivity index (χ1v) is 11.7. The molecular formula is C29H24ClF3N2O2. The van der Waals surface area contributed by atoms with Gasteiger partial charge in [-0.05, 0) is 43.2 Å². The Balaban J connectivity index is 0.000000195. The van der Waals surface area contributed by atoms with Gasteiger partial charge in [-0.2, -0.15) is 13.2 Å². The lowest BCUT2D eigenvalue weighted by molar-refractivity contribution is -0.137. The number of aryl methyl sites for hydroxylation is 2. The molecular weight excluding hydrogens is 501 g/mol. The van der Waals surface area contributed by atoms with Gasteiger partial charge in [-0.25, -0.2) is 9.97 Å². The molecule has 5 rings (SSSR count). The number of fused-ring (bicyclic) bond motifs is 2. The zero-order valence-corrected chi connectivity index (χ0v) is 21.4. The Kier molecular flexibility index (Phi) is 7.55. The van der Waals surface area contributed by atoms with Crippen LogP contribution in [0.2, 0.25) is 5.15 Å². The number of nitrogens with zero attached hydrogens (tertiary/aromatic N) is 2. The Morgan fingerprint density at radius 3 is 1.81 bits per heavy atom. The number of ether oxygens (including phenoxy) is 2. The van der Waals surface area contributed by atoms with Crippen LogP contribution in [-0.2, 0) is 6.18 Å². The van der Waals surface area contributed by atoms with Crippen LogP contribution < -0.4 is 9.47 Å². The topological polar surface area (TPSA) is 44.2 Å². The molecule has 0 spiro atoms. The largest absolute Gasteiger partial charge is 0.494 e. The summed E-state index contributed by atoms with van der Waals surface area (Å²) in [5.41, 5.74) is 3.10. The molecule has 2 aromatic heterocycles. The minimum atomic E-state index is -4.45. The molecule has 8 heteroatoms. The van der Waals surface area contributed by atoms with Crippen LogP contribution in [0.1, 0.15) is 16.7 Å².